The molecule has 1 aliphatic rings. The molecule has 0 saturated carbocycles. The van der Waals surface area contributed by atoms with E-state index in [4.69, 9.17) is 0 Å². The van der Waals surface area contributed by atoms with E-state index in [2.05, 4.69) is 15.3 Å². The topological polar surface area (TPSA) is 57.5 Å². The van der Waals surface area contributed by atoms with E-state index in [1.54, 1.807) is 12.3 Å². The molecule has 0 aromatic carbocycles. The molecule has 0 bridgehead atoms. The molecule has 68 valence electrons. The summed E-state index contributed by atoms with van der Waals surface area (Å²) >= 11 is 1.98. The third-order valence-corrected chi connectivity index (χ3v) is 2.60. The summed E-state index contributed by atoms with van der Waals surface area (Å²) in [4.78, 5) is 8.27. The Morgan fingerprint density at radius 2 is 2.38 bits per heavy atom. The van der Waals surface area contributed by atoms with Crippen molar-refractivity contribution >= 4 is 28.4 Å². The molecule has 0 spiro atoms. The minimum atomic E-state index is 0.203. The third-order valence-electron chi connectivity index (χ3n) is 1.77. The number of aromatic hydroxyl groups is 1. The molecule has 0 fully saturated rings. The van der Waals surface area contributed by atoms with E-state index in [1.165, 1.54) is 0 Å². The summed E-state index contributed by atoms with van der Waals surface area (Å²) in [5.74, 6) is 1.02. The van der Waals surface area contributed by atoms with Gasteiger partial charge in [0.2, 0.25) is 0 Å². The van der Waals surface area contributed by atoms with Crippen LogP contribution in [0.3, 0.4) is 0 Å². The summed E-state index contributed by atoms with van der Waals surface area (Å²) in [5.41, 5.74) is 0.843. The minimum Gasteiger partial charge on any atom is -0.505 e. The van der Waals surface area contributed by atoms with E-state index in [-0.39, 0.29) is 5.75 Å². The fourth-order valence-corrected chi connectivity index (χ4v) is 1.45. The monoisotopic (exact) mass is 289 g/mol. The van der Waals surface area contributed by atoms with Crippen LogP contribution in [0.25, 0.3) is 0 Å². The molecular formula is C8H8IN3O. The van der Waals surface area contributed by atoms with Gasteiger partial charge in [-0.15, -0.1) is 0 Å². The van der Waals surface area contributed by atoms with E-state index >= 15 is 0 Å². The lowest BCUT2D eigenvalue weighted by Gasteiger charge is -2.02. The zero-order valence-electron chi connectivity index (χ0n) is 6.79. The van der Waals surface area contributed by atoms with Gasteiger partial charge in [0.15, 0.2) is 0 Å². The average molecular weight is 289 g/mol. The zero-order chi connectivity index (χ0) is 9.26. The summed E-state index contributed by atoms with van der Waals surface area (Å²) in [6, 6.07) is 1.67. The van der Waals surface area contributed by atoms with Gasteiger partial charge in [-0.25, -0.2) is 4.98 Å². The van der Waals surface area contributed by atoms with Crippen molar-refractivity contribution in [3.05, 3.63) is 21.5 Å². The minimum absolute atomic E-state index is 0.203. The van der Waals surface area contributed by atoms with Crippen molar-refractivity contribution in [2.45, 2.75) is 0 Å². The van der Waals surface area contributed by atoms with Crippen LogP contribution in [0, 0.1) is 3.70 Å². The molecule has 2 heterocycles. The van der Waals surface area contributed by atoms with Crippen molar-refractivity contribution in [3.63, 3.8) is 0 Å². The molecule has 2 rings (SSSR count). The van der Waals surface area contributed by atoms with Gasteiger partial charge in [-0.05, 0) is 28.7 Å². The highest BCUT2D eigenvalue weighted by molar-refractivity contribution is 14.1. The van der Waals surface area contributed by atoms with Crippen LogP contribution in [0.15, 0.2) is 17.3 Å². The SMILES string of the molecule is Oc1cc(C2=NCCN2)cnc1I. The van der Waals surface area contributed by atoms with Crippen LogP contribution in [0.5, 0.6) is 5.75 Å². The molecule has 0 radical (unpaired) electrons. The van der Waals surface area contributed by atoms with Crippen molar-refractivity contribution in [3.8, 4) is 5.75 Å². The smallest absolute Gasteiger partial charge is 0.148 e. The number of pyridine rings is 1. The number of hydrogen-bond acceptors (Lipinski definition) is 4. The van der Waals surface area contributed by atoms with Crippen molar-refractivity contribution < 1.29 is 5.11 Å². The molecule has 0 amide bonds. The van der Waals surface area contributed by atoms with Crippen molar-refractivity contribution in [2.75, 3.05) is 13.1 Å². The number of nitrogens with zero attached hydrogens (tertiary/aromatic N) is 2. The van der Waals surface area contributed by atoms with E-state index < -0.39 is 0 Å². The zero-order valence-corrected chi connectivity index (χ0v) is 8.95. The van der Waals surface area contributed by atoms with Gasteiger partial charge in [-0.2, -0.15) is 0 Å². The van der Waals surface area contributed by atoms with Gasteiger partial charge in [0.25, 0.3) is 0 Å². The highest BCUT2D eigenvalue weighted by Gasteiger charge is 2.09. The van der Waals surface area contributed by atoms with Crippen LogP contribution >= 0.6 is 22.6 Å². The summed E-state index contributed by atoms with van der Waals surface area (Å²) in [7, 11) is 0. The lowest BCUT2D eigenvalue weighted by atomic mass is 10.2. The van der Waals surface area contributed by atoms with Gasteiger partial charge in [-0.3, -0.25) is 4.99 Å². The molecule has 0 saturated heterocycles. The number of nitrogens with one attached hydrogen (secondary N) is 1. The maximum Gasteiger partial charge on any atom is 0.148 e. The number of amidine groups is 1. The Morgan fingerprint density at radius 1 is 1.54 bits per heavy atom. The molecule has 4 nitrogen and oxygen atoms in total. The second kappa shape index (κ2) is 3.49. The number of aliphatic imine (C=N–C) groups is 1. The fraction of sp³-hybridized carbons (Fsp3) is 0.250. The maximum absolute atomic E-state index is 9.41. The summed E-state index contributed by atoms with van der Waals surface area (Å²) in [6.07, 6.45) is 1.71. The molecule has 2 N–H and O–H groups in total. The largest absolute Gasteiger partial charge is 0.505 e. The number of halogens is 1. The van der Waals surface area contributed by atoms with E-state index in [0.717, 1.165) is 24.5 Å². The molecule has 0 unspecified atom stereocenters. The highest BCUT2D eigenvalue weighted by Crippen LogP contribution is 2.18. The second-order valence-corrected chi connectivity index (χ2v) is 3.71. The Morgan fingerprint density at radius 3 is 3.00 bits per heavy atom. The van der Waals surface area contributed by atoms with Crippen LogP contribution in [0.4, 0.5) is 0 Å². The average Bonchev–Trinajstić information content (AvgIpc) is 2.62. The number of hydrogen-bond donors (Lipinski definition) is 2. The Hall–Kier alpha value is -0.850. The van der Waals surface area contributed by atoms with E-state index in [0.29, 0.717) is 3.70 Å². The summed E-state index contributed by atoms with van der Waals surface area (Å²) < 4.78 is 0.611. The lowest BCUT2D eigenvalue weighted by Crippen LogP contribution is -2.19. The first-order valence-electron chi connectivity index (χ1n) is 3.90. The number of rotatable bonds is 1. The first-order chi connectivity index (χ1) is 6.27. The molecule has 0 aliphatic carbocycles. The Kier molecular flexibility index (Phi) is 2.34. The Labute approximate surface area is 89.2 Å². The summed E-state index contributed by atoms with van der Waals surface area (Å²) in [5, 5.41) is 12.5. The normalized spacial score (nSPS) is 15.3. The Bertz CT molecular complexity index is 364. The lowest BCUT2D eigenvalue weighted by molar-refractivity contribution is 0.468. The molecule has 0 atom stereocenters. The van der Waals surface area contributed by atoms with Crippen molar-refractivity contribution in [2.24, 2.45) is 4.99 Å². The summed E-state index contributed by atoms with van der Waals surface area (Å²) in [6.45, 7) is 1.66. The van der Waals surface area contributed by atoms with Gasteiger partial charge in [0.1, 0.15) is 15.3 Å². The van der Waals surface area contributed by atoms with Crippen LogP contribution < -0.4 is 5.32 Å². The van der Waals surface area contributed by atoms with Gasteiger partial charge < -0.3 is 10.4 Å². The van der Waals surface area contributed by atoms with E-state index in [1.807, 2.05) is 22.6 Å². The quantitative estimate of drug-likeness (QED) is 0.592. The molecule has 1 aromatic rings. The van der Waals surface area contributed by atoms with Crippen LogP contribution in [-0.2, 0) is 0 Å². The van der Waals surface area contributed by atoms with Crippen LogP contribution in [0.2, 0.25) is 0 Å². The van der Waals surface area contributed by atoms with Gasteiger partial charge in [0, 0.05) is 18.3 Å². The molecular weight excluding hydrogens is 281 g/mol. The number of aromatic nitrogens is 1. The fourth-order valence-electron chi connectivity index (χ4n) is 1.16. The maximum atomic E-state index is 9.41. The first-order valence-corrected chi connectivity index (χ1v) is 4.98. The molecule has 1 aliphatic heterocycles. The molecule has 1 aromatic heterocycles. The van der Waals surface area contributed by atoms with Crippen molar-refractivity contribution in [1.29, 1.82) is 0 Å². The molecule has 5 heteroatoms. The highest BCUT2D eigenvalue weighted by atomic mass is 127. The predicted molar refractivity (Wildman–Crippen MR) is 58.0 cm³/mol. The van der Waals surface area contributed by atoms with Crippen LogP contribution in [0.1, 0.15) is 5.56 Å². The van der Waals surface area contributed by atoms with Crippen LogP contribution in [-0.4, -0.2) is 29.0 Å². The second-order valence-electron chi connectivity index (χ2n) is 2.69. The first kappa shape index (κ1) is 8.74. The predicted octanol–water partition coefficient (Wildman–Crippen LogP) is 0.742. The van der Waals surface area contributed by atoms with Crippen molar-refractivity contribution in [1.82, 2.24) is 10.3 Å². The van der Waals surface area contributed by atoms with Gasteiger partial charge >= 0.3 is 0 Å². The third kappa shape index (κ3) is 1.74. The van der Waals surface area contributed by atoms with E-state index in [9.17, 15) is 5.11 Å². The molecule has 13 heavy (non-hydrogen) atoms. The Balaban J connectivity index is 2.36. The van der Waals surface area contributed by atoms with Gasteiger partial charge in [0.05, 0.1) is 6.54 Å². The standard InChI is InChI=1S/C8H8IN3O/c9-7-6(13)3-5(4-12-7)8-10-1-2-11-8/h3-4,13H,1-2H2,(H,10,11). The van der Waals surface area contributed by atoms with Gasteiger partial charge in [-0.1, -0.05) is 0 Å².